The number of anilines is 1. The van der Waals surface area contributed by atoms with Gasteiger partial charge in [-0.25, -0.2) is 13.4 Å². The summed E-state index contributed by atoms with van der Waals surface area (Å²) in [6.45, 7) is 0. The lowest BCUT2D eigenvalue weighted by Gasteiger charge is -2.18. The molecule has 0 unspecified atom stereocenters. The van der Waals surface area contributed by atoms with Gasteiger partial charge in [0.2, 0.25) is 0 Å². The van der Waals surface area contributed by atoms with Crippen LogP contribution in [0.1, 0.15) is 28.8 Å². The summed E-state index contributed by atoms with van der Waals surface area (Å²) in [6, 6.07) is 13.7. The summed E-state index contributed by atoms with van der Waals surface area (Å²) in [4.78, 5) is 16.7. The molecule has 0 saturated heterocycles. The van der Waals surface area contributed by atoms with Crippen LogP contribution in [0.25, 0.3) is 0 Å². The Morgan fingerprint density at radius 2 is 1.97 bits per heavy atom. The Balaban J connectivity index is 1.42. The largest absolute Gasteiger partial charge is 0.497 e. The molecule has 2 aromatic carbocycles. The fourth-order valence-corrected chi connectivity index (χ4v) is 5.00. The van der Waals surface area contributed by atoms with E-state index in [1.54, 1.807) is 12.5 Å². The highest BCUT2D eigenvalue weighted by molar-refractivity contribution is 7.93. The highest BCUT2D eigenvalue weighted by Gasteiger charge is 2.44. The molecule has 30 heavy (non-hydrogen) atoms. The Kier molecular flexibility index (Phi) is 5.48. The number of carbonyl (C=O) groups excluding carboxylic acids is 1. The number of hydrogen-bond acceptors (Lipinski definition) is 6. The fourth-order valence-electron chi connectivity index (χ4n) is 3.22. The Hall–Kier alpha value is -2.91. The summed E-state index contributed by atoms with van der Waals surface area (Å²) in [5.74, 6) is 0.574. The van der Waals surface area contributed by atoms with E-state index in [0.29, 0.717) is 10.7 Å². The molecule has 7 nitrogen and oxygen atoms in total. The van der Waals surface area contributed by atoms with Crippen LogP contribution >= 0.6 is 11.3 Å². The number of sulfonamides is 1. The van der Waals surface area contributed by atoms with Crippen molar-refractivity contribution in [3.8, 4) is 5.75 Å². The second-order valence-electron chi connectivity index (χ2n) is 7.23. The van der Waals surface area contributed by atoms with Gasteiger partial charge >= 0.3 is 0 Å². The van der Waals surface area contributed by atoms with Crippen molar-refractivity contribution in [2.45, 2.75) is 29.7 Å². The zero-order chi connectivity index (χ0) is 21.2. The zero-order valence-corrected chi connectivity index (χ0v) is 17.9. The van der Waals surface area contributed by atoms with Crippen molar-refractivity contribution in [3.63, 3.8) is 0 Å². The molecule has 1 saturated carbocycles. The van der Waals surface area contributed by atoms with Gasteiger partial charge in [0.05, 0.1) is 12.0 Å². The summed E-state index contributed by atoms with van der Waals surface area (Å²) < 4.78 is 32.5. The first kappa shape index (κ1) is 20.4. The van der Waals surface area contributed by atoms with E-state index < -0.39 is 10.0 Å². The van der Waals surface area contributed by atoms with Crippen LogP contribution in [0.3, 0.4) is 0 Å². The molecule has 0 radical (unpaired) electrons. The van der Waals surface area contributed by atoms with Gasteiger partial charge in [0, 0.05) is 22.7 Å². The lowest BCUT2D eigenvalue weighted by Crippen LogP contribution is -2.38. The highest BCUT2D eigenvalue weighted by atomic mass is 32.2. The van der Waals surface area contributed by atoms with Crippen molar-refractivity contribution < 1.29 is 17.9 Å². The van der Waals surface area contributed by atoms with Crippen molar-refractivity contribution in [2.24, 2.45) is 0 Å². The van der Waals surface area contributed by atoms with Crippen LogP contribution in [0.15, 0.2) is 65.0 Å². The van der Waals surface area contributed by atoms with Gasteiger partial charge in [0.25, 0.3) is 15.9 Å². The second kappa shape index (κ2) is 8.08. The second-order valence-corrected chi connectivity index (χ2v) is 9.81. The standard InChI is InChI=1S/C21H21N3O4S2/c1-28-17-4-2-3-15(13-17)14-21(9-10-21)23-19(25)16-5-7-18(8-6-16)30(26,27)24-20-22-11-12-29-20/h2-8,11-13H,9-10,14H2,1H3,(H,22,24)(H,23,25). The van der Waals surface area contributed by atoms with Crippen LogP contribution in [0.4, 0.5) is 5.13 Å². The van der Waals surface area contributed by atoms with Gasteiger partial charge in [-0.2, -0.15) is 0 Å². The number of aromatic nitrogens is 1. The zero-order valence-electron chi connectivity index (χ0n) is 16.3. The quantitative estimate of drug-likeness (QED) is 0.556. The van der Waals surface area contributed by atoms with Gasteiger partial charge in [-0.3, -0.25) is 9.52 Å². The average Bonchev–Trinajstić information content (AvgIpc) is 3.28. The first-order valence-electron chi connectivity index (χ1n) is 9.37. The Labute approximate surface area is 179 Å². The number of nitrogens with one attached hydrogen (secondary N) is 2. The third-order valence-corrected chi connectivity index (χ3v) is 7.16. The first-order chi connectivity index (χ1) is 14.4. The predicted octanol–water partition coefficient (Wildman–Crippen LogP) is 3.46. The predicted molar refractivity (Wildman–Crippen MR) is 115 cm³/mol. The number of rotatable bonds is 8. The molecule has 0 aliphatic heterocycles. The van der Waals surface area contributed by atoms with Crippen molar-refractivity contribution in [2.75, 3.05) is 11.8 Å². The summed E-state index contributed by atoms with van der Waals surface area (Å²) in [5.41, 5.74) is 1.25. The number of hydrogen-bond donors (Lipinski definition) is 2. The number of amides is 1. The molecule has 9 heteroatoms. The Morgan fingerprint density at radius 1 is 1.20 bits per heavy atom. The van der Waals surface area contributed by atoms with Crippen molar-refractivity contribution in [1.82, 2.24) is 10.3 Å². The van der Waals surface area contributed by atoms with E-state index in [2.05, 4.69) is 15.0 Å². The molecule has 0 atom stereocenters. The number of ether oxygens (including phenoxy) is 1. The van der Waals surface area contributed by atoms with Gasteiger partial charge in [-0.15, -0.1) is 11.3 Å². The lowest BCUT2D eigenvalue weighted by molar-refractivity contribution is 0.0931. The van der Waals surface area contributed by atoms with Crippen molar-refractivity contribution in [3.05, 3.63) is 71.2 Å². The van der Waals surface area contributed by atoms with E-state index in [1.165, 1.54) is 41.8 Å². The minimum atomic E-state index is -3.74. The van der Waals surface area contributed by atoms with Crippen LogP contribution in [-0.4, -0.2) is 32.0 Å². The summed E-state index contributed by atoms with van der Waals surface area (Å²) in [6.07, 6.45) is 4.05. The minimum absolute atomic E-state index is 0.0757. The van der Waals surface area contributed by atoms with Crippen molar-refractivity contribution in [1.29, 1.82) is 0 Å². The Morgan fingerprint density at radius 3 is 2.60 bits per heavy atom. The molecule has 1 amide bonds. The minimum Gasteiger partial charge on any atom is -0.497 e. The summed E-state index contributed by atoms with van der Waals surface area (Å²) in [5, 5.41) is 5.09. The molecular formula is C21H21N3O4S2. The summed E-state index contributed by atoms with van der Waals surface area (Å²) >= 11 is 1.20. The van der Waals surface area contributed by atoms with Crippen LogP contribution in [0.2, 0.25) is 0 Å². The molecule has 1 aliphatic carbocycles. The highest BCUT2D eigenvalue weighted by Crippen LogP contribution is 2.39. The van der Waals surface area contributed by atoms with Crippen LogP contribution in [0, 0.1) is 0 Å². The van der Waals surface area contributed by atoms with Crippen molar-refractivity contribution >= 4 is 32.4 Å². The van der Waals surface area contributed by atoms with Crippen LogP contribution in [-0.2, 0) is 16.4 Å². The van der Waals surface area contributed by atoms with E-state index in [9.17, 15) is 13.2 Å². The monoisotopic (exact) mass is 443 g/mol. The van der Waals surface area contributed by atoms with E-state index >= 15 is 0 Å². The maximum atomic E-state index is 12.7. The van der Waals surface area contributed by atoms with Gasteiger partial charge in [-0.1, -0.05) is 12.1 Å². The smallest absolute Gasteiger partial charge is 0.263 e. The third-order valence-electron chi connectivity index (χ3n) is 4.99. The molecule has 2 N–H and O–H groups in total. The van der Waals surface area contributed by atoms with Gasteiger partial charge in [0.1, 0.15) is 5.75 Å². The van der Waals surface area contributed by atoms with E-state index in [1.807, 2.05) is 24.3 Å². The first-order valence-corrected chi connectivity index (χ1v) is 11.7. The molecule has 1 heterocycles. The van der Waals surface area contributed by atoms with Gasteiger partial charge < -0.3 is 10.1 Å². The molecule has 1 aliphatic rings. The SMILES string of the molecule is COc1cccc(CC2(NC(=O)c3ccc(S(=O)(=O)Nc4nccs4)cc3)CC2)c1. The van der Waals surface area contributed by atoms with E-state index in [0.717, 1.165) is 30.6 Å². The molecule has 4 rings (SSSR count). The summed E-state index contributed by atoms with van der Waals surface area (Å²) in [7, 11) is -2.11. The molecular weight excluding hydrogens is 422 g/mol. The normalized spacial score (nSPS) is 14.7. The van der Waals surface area contributed by atoms with Crippen LogP contribution < -0.4 is 14.8 Å². The molecule has 156 valence electrons. The van der Waals surface area contributed by atoms with E-state index in [-0.39, 0.29) is 16.3 Å². The molecule has 1 aromatic heterocycles. The molecule has 3 aromatic rings. The average molecular weight is 444 g/mol. The number of carbonyl (C=O) groups is 1. The Bertz CT molecular complexity index is 1140. The molecule has 0 spiro atoms. The fraction of sp³-hybridized carbons (Fsp3) is 0.238. The van der Waals surface area contributed by atoms with Gasteiger partial charge in [0.15, 0.2) is 5.13 Å². The lowest BCUT2D eigenvalue weighted by atomic mass is 10.0. The number of nitrogens with zero attached hydrogens (tertiary/aromatic N) is 1. The van der Waals surface area contributed by atoms with Crippen LogP contribution in [0.5, 0.6) is 5.75 Å². The van der Waals surface area contributed by atoms with Gasteiger partial charge in [-0.05, 0) is 61.2 Å². The van der Waals surface area contributed by atoms with E-state index in [4.69, 9.17) is 4.74 Å². The molecule has 0 bridgehead atoms. The topological polar surface area (TPSA) is 97.4 Å². The maximum Gasteiger partial charge on any atom is 0.263 e. The number of thiazole rings is 1. The third kappa shape index (κ3) is 4.63. The number of benzene rings is 2. The molecule has 1 fully saturated rings. The number of methoxy groups -OCH3 is 1. The maximum absolute atomic E-state index is 12.7.